The van der Waals surface area contributed by atoms with Crippen molar-refractivity contribution in [1.29, 1.82) is 0 Å². The molecule has 30 heavy (non-hydrogen) atoms. The van der Waals surface area contributed by atoms with Crippen LogP contribution in [-0.4, -0.2) is 24.4 Å². The van der Waals surface area contributed by atoms with Crippen molar-refractivity contribution in [3.8, 4) is 0 Å². The van der Waals surface area contributed by atoms with Crippen LogP contribution in [0.15, 0.2) is 91.0 Å². The average Bonchev–Trinajstić information content (AvgIpc) is 2.81. The Labute approximate surface area is 174 Å². The minimum atomic E-state index is -1.03. The summed E-state index contributed by atoms with van der Waals surface area (Å²) in [6.07, 6.45) is 0. The summed E-state index contributed by atoms with van der Waals surface area (Å²) in [4.78, 5) is 37.3. The maximum atomic E-state index is 12.7. The highest BCUT2D eigenvalue weighted by Gasteiger charge is 2.25. The van der Waals surface area contributed by atoms with E-state index in [2.05, 4.69) is 10.6 Å². The minimum absolute atomic E-state index is 0.337. The van der Waals surface area contributed by atoms with E-state index in [1.165, 1.54) is 0 Å². The first kappa shape index (κ1) is 20.8. The van der Waals surface area contributed by atoms with E-state index in [1.54, 1.807) is 54.6 Å². The van der Waals surface area contributed by atoms with Crippen LogP contribution in [0.3, 0.4) is 0 Å². The van der Waals surface area contributed by atoms with E-state index in [-0.39, 0.29) is 0 Å². The molecule has 0 saturated carbocycles. The second kappa shape index (κ2) is 10.6. The summed E-state index contributed by atoms with van der Waals surface area (Å²) in [7, 11) is 0. The number of hydrogen-bond acceptors (Lipinski definition) is 4. The van der Waals surface area contributed by atoms with Crippen molar-refractivity contribution in [2.45, 2.75) is 12.6 Å². The third kappa shape index (κ3) is 6.04. The van der Waals surface area contributed by atoms with Gasteiger partial charge >= 0.3 is 5.97 Å². The first-order chi connectivity index (χ1) is 14.6. The van der Waals surface area contributed by atoms with Crippen molar-refractivity contribution in [2.75, 3.05) is 6.61 Å². The van der Waals surface area contributed by atoms with Crippen molar-refractivity contribution in [2.24, 2.45) is 0 Å². The Bertz CT molecular complexity index is 976. The molecule has 0 bridgehead atoms. The van der Waals surface area contributed by atoms with Crippen LogP contribution in [0.25, 0.3) is 0 Å². The molecule has 3 aromatic carbocycles. The summed E-state index contributed by atoms with van der Waals surface area (Å²) < 4.78 is 5.18. The van der Waals surface area contributed by atoms with Crippen LogP contribution in [0.2, 0.25) is 0 Å². The summed E-state index contributed by atoms with van der Waals surface area (Å²) in [5, 5.41) is 5.38. The van der Waals surface area contributed by atoms with Crippen LogP contribution in [0.4, 0.5) is 0 Å². The zero-order chi connectivity index (χ0) is 21.2. The van der Waals surface area contributed by atoms with Crippen molar-refractivity contribution >= 4 is 17.8 Å². The van der Waals surface area contributed by atoms with E-state index >= 15 is 0 Å². The molecular formula is C24H22N2O4. The Morgan fingerprint density at radius 2 is 1.33 bits per heavy atom. The van der Waals surface area contributed by atoms with E-state index in [4.69, 9.17) is 4.74 Å². The number of benzene rings is 3. The van der Waals surface area contributed by atoms with Gasteiger partial charge in [-0.15, -0.1) is 0 Å². The van der Waals surface area contributed by atoms with Gasteiger partial charge in [-0.1, -0.05) is 78.9 Å². The van der Waals surface area contributed by atoms with Gasteiger partial charge in [-0.05, 0) is 23.3 Å². The van der Waals surface area contributed by atoms with Gasteiger partial charge in [0.2, 0.25) is 0 Å². The predicted octanol–water partition coefficient (Wildman–Crippen LogP) is 3.02. The molecule has 6 heteroatoms. The zero-order valence-corrected chi connectivity index (χ0v) is 16.3. The number of rotatable bonds is 8. The number of ether oxygens (including phenoxy) is 1. The van der Waals surface area contributed by atoms with Gasteiger partial charge in [0.1, 0.15) is 0 Å². The van der Waals surface area contributed by atoms with Crippen LogP contribution in [0.1, 0.15) is 27.5 Å². The highest BCUT2D eigenvalue weighted by atomic mass is 16.5. The maximum absolute atomic E-state index is 12.7. The first-order valence-corrected chi connectivity index (χ1v) is 9.51. The molecular weight excluding hydrogens is 380 g/mol. The molecule has 152 valence electrons. The molecule has 0 aliphatic heterocycles. The number of nitrogens with one attached hydrogen (secondary N) is 2. The normalized spacial score (nSPS) is 11.2. The van der Waals surface area contributed by atoms with Gasteiger partial charge in [-0.2, -0.15) is 0 Å². The summed E-state index contributed by atoms with van der Waals surface area (Å²) in [5.74, 6) is -1.54. The van der Waals surface area contributed by atoms with E-state index in [0.29, 0.717) is 17.7 Å². The minimum Gasteiger partial charge on any atom is -0.454 e. The van der Waals surface area contributed by atoms with Crippen molar-refractivity contribution in [1.82, 2.24) is 10.6 Å². The molecule has 3 aromatic rings. The Morgan fingerprint density at radius 3 is 1.97 bits per heavy atom. The SMILES string of the molecule is O=C(COC(=O)C(NC(=O)c1ccccc1)c1ccccc1)NCc1ccccc1. The fourth-order valence-electron chi connectivity index (χ4n) is 2.80. The predicted molar refractivity (Wildman–Crippen MR) is 112 cm³/mol. The molecule has 0 radical (unpaired) electrons. The van der Waals surface area contributed by atoms with Crippen molar-refractivity contribution < 1.29 is 19.1 Å². The Kier molecular flexibility index (Phi) is 7.33. The van der Waals surface area contributed by atoms with E-state index in [1.807, 2.05) is 36.4 Å². The lowest BCUT2D eigenvalue weighted by Gasteiger charge is -2.18. The number of esters is 1. The molecule has 0 heterocycles. The highest BCUT2D eigenvalue weighted by Crippen LogP contribution is 2.15. The molecule has 0 aromatic heterocycles. The first-order valence-electron chi connectivity index (χ1n) is 9.51. The number of amides is 2. The lowest BCUT2D eigenvalue weighted by molar-refractivity contribution is -0.150. The third-order valence-corrected chi connectivity index (χ3v) is 4.36. The fraction of sp³-hybridized carbons (Fsp3) is 0.125. The molecule has 6 nitrogen and oxygen atoms in total. The largest absolute Gasteiger partial charge is 0.454 e. The van der Waals surface area contributed by atoms with Gasteiger partial charge in [-0.3, -0.25) is 9.59 Å². The van der Waals surface area contributed by atoms with E-state index in [9.17, 15) is 14.4 Å². The number of hydrogen-bond donors (Lipinski definition) is 2. The lowest BCUT2D eigenvalue weighted by Crippen LogP contribution is -2.37. The maximum Gasteiger partial charge on any atom is 0.333 e. The third-order valence-electron chi connectivity index (χ3n) is 4.36. The Balaban J connectivity index is 1.60. The molecule has 1 unspecified atom stereocenters. The summed E-state index contributed by atoms with van der Waals surface area (Å²) in [6, 6.07) is 25.7. The number of carbonyl (C=O) groups is 3. The van der Waals surface area contributed by atoms with Crippen molar-refractivity contribution in [3.05, 3.63) is 108 Å². The van der Waals surface area contributed by atoms with E-state index in [0.717, 1.165) is 5.56 Å². The van der Waals surface area contributed by atoms with Gasteiger partial charge in [0.05, 0.1) is 0 Å². The zero-order valence-electron chi connectivity index (χ0n) is 16.3. The van der Waals surface area contributed by atoms with Gasteiger partial charge in [0, 0.05) is 12.1 Å². The monoisotopic (exact) mass is 402 g/mol. The molecule has 0 fully saturated rings. The second-order valence-corrected chi connectivity index (χ2v) is 6.55. The molecule has 0 spiro atoms. The van der Waals surface area contributed by atoms with Gasteiger partial charge in [0.15, 0.2) is 12.6 Å². The fourth-order valence-corrected chi connectivity index (χ4v) is 2.80. The standard InChI is InChI=1S/C24H22N2O4/c27-21(25-16-18-10-4-1-5-11-18)17-30-24(29)22(19-12-6-2-7-13-19)26-23(28)20-14-8-3-9-15-20/h1-15,22H,16-17H2,(H,25,27)(H,26,28). The lowest BCUT2D eigenvalue weighted by atomic mass is 10.1. The summed E-state index contributed by atoms with van der Waals surface area (Å²) >= 11 is 0. The molecule has 0 saturated heterocycles. The smallest absolute Gasteiger partial charge is 0.333 e. The van der Waals surface area contributed by atoms with Crippen LogP contribution in [-0.2, 0) is 20.9 Å². The van der Waals surface area contributed by atoms with Crippen LogP contribution in [0, 0.1) is 0 Å². The molecule has 3 rings (SSSR count). The Hall–Kier alpha value is -3.93. The topological polar surface area (TPSA) is 84.5 Å². The highest BCUT2D eigenvalue weighted by molar-refractivity contribution is 5.97. The van der Waals surface area contributed by atoms with Crippen molar-refractivity contribution in [3.63, 3.8) is 0 Å². The molecule has 0 aliphatic rings. The van der Waals surface area contributed by atoms with E-state index < -0.39 is 30.4 Å². The Morgan fingerprint density at radius 1 is 0.767 bits per heavy atom. The van der Waals surface area contributed by atoms with Gasteiger partial charge in [-0.25, -0.2) is 4.79 Å². The number of carbonyl (C=O) groups excluding carboxylic acids is 3. The van der Waals surface area contributed by atoms with Crippen LogP contribution in [0.5, 0.6) is 0 Å². The quantitative estimate of drug-likeness (QED) is 0.568. The van der Waals surface area contributed by atoms with Crippen LogP contribution >= 0.6 is 0 Å². The van der Waals surface area contributed by atoms with Gasteiger partial charge in [0.25, 0.3) is 11.8 Å². The summed E-state index contributed by atoms with van der Waals surface area (Å²) in [6.45, 7) is -0.0969. The molecule has 0 aliphatic carbocycles. The molecule has 2 amide bonds. The second-order valence-electron chi connectivity index (χ2n) is 6.55. The molecule has 2 N–H and O–H groups in total. The summed E-state index contributed by atoms with van der Waals surface area (Å²) in [5.41, 5.74) is 1.93. The molecule has 1 atom stereocenters. The van der Waals surface area contributed by atoms with Crippen LogP contribution < -0.4 is 10.6 Å². The average molecular weight is 402 g/mol. The van der Waals surface area contributed by atoms with Gasteiger partial charge < -0.3 is 15.4 Å².